The Morgan fingerprint density at radius 2 is 2.45 bits per heavy atom. The average Bonchev–Trinajstić information content (AvgIpc) is 2.05. The number of allylic oxidation sites excluding steroid dienone is 1. The Kier molecular flexibility index (Phi) is 7.23. The molecule has 0 aliphatic heterocycles. The van der Waals surface area contributed by atoms with Gasteiger partial charge in [-0.3, -0.25) is 0 Å². The van der Waals surface area contributed by atoms with Gasteiger partial charge < -0.3 is 4.74 Å². The Labute approximate surface area is 76.3 Å². The summed E-state index contributed by atoms with van der Waals surface area (Å²) in [5.41, 5.74) is 0. The Bertz CT molecular complexity index is 176. The maximum Gasteiger partial charge on any atom is 0.0795 e. The zero-order valence-electron chi connectivity index (χ0n) is 6.46. The highest BCUT2D eigenvalue weighted by Gasteiger charge is 1.96. The van der Waals surface area contributed by atoms with Crippen LogP contribution in [0, 0.1) is 12.3 Å². The van der Waals surface area contributed by atoms with E-state index < -0.39 is 0 Å². The molecule has 0 aromatic carbocycles. The molecule has 1 atom stereocenters. The van der Waals surface area contributed by atoms with E-state index in [1.54, 1.807) is 13.2 Å². The third kappa shape index (κ3) is 5.90. The summed E-state index contributed by atoms with van der Waals surface area (Å²) in [7, 11) is 1.66. The summed E-state index contributed by atoms with van der Waals surface area (Å²) < 4.78 is 5.10. The van der Waals surface area contributed by atoms with Gasteiger partial charge in [0.05, 0.1) is 6.10 Å². The SMILES string of the molecule is C#C/C=C/[C@@H](C/C=C/Br)OC. The van der Waals surface area contributed by atoms with Crippen LogP contribution in [0.3, 0.4) is 0 Å². The van der Waals surface area contributed by atoms with Gasteiger partial charge >= 0.3 is 0 Å². The van der Waals surface area contributed by atoms with Crippen LogP contribution in [0.1, 0.15) is 6.42 Å². The fourth-order valence-corrected chi connectivity index (χ4v) is 0.818. The minimum absolute atomic E-state index is 0.0832. The lowest BCUT2D eigenvalue weighted by molar-refractivity contribution is 0.143. The highest BCUT2D eigenvalue weighted by molar-refractivity contribution is 9.11. The Hall–Kier alpha value is -0.520. The van der Waals surface area contributed by atoms with Crippen molar-refractivity contribution in [1.29, 1.82) is 0 Å². The Morgan fingerprint density at radius 1 is 1.73 bits per heavy atom. The van der Waals surface area contributed by atoms with Gasteiger partial charge in [-0.1, -0.05) is 27.9 Å². The summed E-state index contributed by atoms with van der Waals surface area (Å²) in [6, 6.07) is 0. The van der Waals surface area contributed by atoms with Crippen molar-refractivity contribution < 1.29 is 4.74 Å². The first-order chi connectivity index (χ1) is 5.35. The Balaban J connectivity index is 3.77. The Morgan fingerprint density at radius 3 is 2.91 bits per heavy atom. The lowest BCUT2D eigenvalue weighted by Crippen LogP contribution is -2.04. The minimum Gasteiger partial charge on any atom is -0.377 e. The lowest BCUT2D eigenvalue weighted by atomic mass is 10.2. The molecule has 0 amide bonds. The van der Waals surface area contributed by atoms with Gasteiger partial charge in [0, 0.05) is 7.11 Å². The van der Waals surface area contributed by atoms with Crippen LogP contribution in [0.25, 0.3) is 0 Å². The lowest BCUT2D eigenvalue weighted by Gasteiger charge is -2.05. The van der Waals surface area contributed by atoms with Crippen molar-refractivity contribution in [2.24, 2.45) is 0 Å². The molecule has 11 heavy (non-hydrogen) atoms. The van der Waals surface area contributed by atoms with E-state index in [0.717, 1.165) is 6.42 Å². The predicted octanol–water partition coefficient (Wildman–Crippen LogP) is 2.49. The summed E-state index contributed by atoms with van der Waals surface area (Å²) in [4.78, 5) is 1.81. The van der Waals surface area contributed by atoms with Crippen molar-refractivity contribution in [1.82, 2.24) is 0 Å². The van der Waals surface area contributed by atoms with Crippen LogP contribution in [-0.2, 0) is 4.74 Å². The van der Waals surface area contributed by atoms with Crippen LogP contribution in [0.15, 0.2) is 23.2 Å². The summed E-state index contributed by atoms with van der Waals surface area (Å²) >= 11 is 3.17. The summed E-state index contributed by atoms with van der Waals surface area (Å²) in [5.74, 6) is 2.41. The molecule has 0 radical (unpaired) electrons. The van der Waals surface area contributed by atoms with E-state index >= 15 is 0 Å². The van der Waals surface area contributed by atoms with Crippen LogP contribution in [0.5, 0.6) is 0 Å². The van der Waals surface area contributed by atoms with Crippen LogP contribution >= 0.6 is 15.9 Å². The smallest absolute Gasteiger partial charge is 0.0795 e. The highest BCUT2D eigenvalue weighted by Crippen LogP contribution is 2.01. The van der Waals surface area contributed by atoms with Crippen molar-refractivity contribution in [3.05, 3.63) is 23.2 Å². The van der Waals surface area contributed by atoms with Crippen LogP contribution < -0.4 is 0 Å². The zero-order valence-corrected chi connectivity index (χ0v) is 8.04. The number of rotatable bonds is 4. The van der Waals surface area contributed by atoms with Gasteiger partial charge in [-0.05, 0) is 23.6 Å². The van der Waals surface area contributed by atoms with Gasteiger partial charge in [0.1, 0.15) is 0 Å². The summed E-state index contributed by atoms with van der Waals surface area (Å²) in [5, 5.41) is 0. The maximum absolute atomic E-state index is 5.10. The monoisotopic (exact) mass is 214 g/mol. The largest absolute Gasteiger partial charge is 0.377 e. The molecule has 0 unspecified atom stereocenters. The molecule has 0 aliphatic carbocycles. The summed E-state index contributed by atoms with van der Waals surface area (Å²) in [6.45, 7) is 0. The molecular formula is C9H11BrO. The van der Waals surface area contributed by atoms with E-state index in [0.29, 0.717) is 0 Å². The van der Waals surface area contributed by atoms with E-state index in [1.165, 1.54) is 0 Å². The second-order valence-corrected chi connectivity index (χ2v) is 2.43. The predicted molar refractivity (Wildman–Crippen MR) is 51.5 cm³/mol. The molecule has 0 fully saturated rings. The third-order valence-electron chi connectivity index (χ3n) is 1.17. The van der Waals surface area contributed by atoms with Gasteiger partial charge in [-0.25, -0.2) is 0 Å². The molecule has 0 aliphatic rings. The van der Waals surface area contributed by atoms with Gasteiger partial charge in [0.2, 0.25) is 0 Å². The zero-order chi connectivity index (χ0) is 8.53. The molecule has 2 heteroatoms. The van der Waals surface area contributed by atoms with E-state index in [1.807, 2.05) is 17.1 Å². The van der Waals surface area contributed by atoms with Gasteiger partial charge in [-0.2, -0.15) is 0 Å². The fourth-order valence-electron chi connectivity index (χ4n) is 0.602. The quantitative estimate of drug-likeness (QED) is 0.654. The third-order valence-corrected chi connectivity index (χ3v) is 1.54. The molecule has 0 aromatic heterocycles. The van der Waals surface area contributed by atoms with Crippen molar-refractivity contribution in [2.75, 3.05) is 7.11 Å². The van der Waals surface area contributed by atoms with Crippen LogP contribution in [-0.4, -0.2) is 13.2 Å². The van der Waals surface area contributed by atoms with Crippen LogP contribution in [0.2, 0.25) is 0 Å². The molecule has 1 nitrogen and oxygen atoms in total. The molecule has 0 N–H and O–H groups in total. The molecule has 0 rings (SSSR count). The topological polar surface area (TPSA) is 9.23 Å². The number of hydrogen-bond donors (Lipinski definition) is 0. The molecule has 60 valence electrons. The molecular weight excluding hydrogens is 204 g/mol. The van der Waals surface area contributed by atoms with Crippen LogP contribution in [0.4, 0.5) is 0 Å². The normalized spacial score (nSPS) is 13.9. The first-order valence-electron chi connectivity index (χ1n) is 3.26. The van der Waals surface area contributed by atoms with Gasteiger partial charge in [0.25, 0.3) is 0 Å². The molecule has 0 saturated heterocycles. The van der Waals surface area contributed by atoms with Crippen molar-refractivity contribution in [2.45, 2.75) is 12.5 Å². The van der Waals surface area contributed by atoms with Crippen molar-refractivity contribution >= 4 is 15.9 Å². The van der Waals surface area contributed by atoms with E-state index in [9.17, 15) is 0 Å². The molecule has 0 saturated carbocycles. The number of ether oxygens (including phenoxy) is 1. The van der Waals surface area contributed by atoms with E-state index in [-0.39, 0.29) is 6.10 Å². The first-order valence-corrected chi connectivity index (χ1v) is 4.17. The first kappa shape index (κ1) is 10.5. The second kappa shape index (κ2) is 7.59. The number of terminal acetylenes is 1. The number of hydrogen-bond acceptors (Lipinski definition) is 1. The maximum atomic E-state index is 5.10. The van der Waals surface area contributed by atoms with Crippen molar-refractivity contribution in [3.8, 4) is 12.3 Å². The average molecular weight is 215 g/mol. The van der Waals surface area contributed by atoms with E-state index in [2.05, 4.69) is 21.9 Å². The molecule has 0 heterocycles. The molecule has 0 spiro atoms. The highest BCUT2D eigenvalue weighted by atomic mass is 79.9. The standard InChI is InChI=1S/C9H11BrO/c1-3-4-6-9(11-2)7-5-8-10/h1,4-6,8-9H,7H2,2H3/b6-4+,8-5+/t9-/m0/s1. The van der Waals surface area contributed by atoms with Crippen molar-refractivity contribution in [3.63, 3.8) is 0 Å². The number of methoxy groups -OCH3 is 1. The minimum atomic E-state index is 0.0832. The fraction of sp³-hybridized carbons (Fsp3) is 0.333. The molecule has 0 aromatic rings. The van der Waals surface area contributed by atoms with Gasteiger partial charge in [0.15, 0.2) is 0 Å². The second-order valence-electron chi connectivity index (χ2n) is 1.90. The van der Waals surface area contributed by atoms with Gasteiger partial charge in [-0.15, -0.1) is 6.42 Å². The molecule has 0 bridgehead atoms. The van der Waals surface area contributed by atoms with E-state index in [4.69, 9.17) is 11.2 Å². The summed E-state index contributed by atoms with van der Waals surface area (Å²) in [6.07, 6.45) is 11.4. The number of halogens is 1.